The number of aryl methyl sites for hydroxylation is 1. The van der Waals surface area contributed by atoms with Crippen molar-refractivity contribution >= 4 is 33.6 Å². The number of imidazole rings is 1. The van der Waals surface area contributed by atoms with Gasteiger partial charge in [-0.2, -0.15) is 0 Å². The summed E-state index contributed by atoms with van der Waals surface area (Å²) >= 11 is 5.98. The quantitative estimate of drug-likeness (QED) is 0.381. The van der Waals surface area contributed by atoms with E-state index in [1.807, 2.05) is 43.4 Å². The summed E-state index contributed by atoms with van der Waals surface area (Å²) < 4.78 is 9.73. The first-order valence-electron chi connectivity index (χ1n) is 9.96. The highest BCUT2D eigenvalue weighted by molar-refractivity contribution is 6.30. The van der Waals surface area contributed by atoms with E-state index in [0.717, 1.165) is 28.1 Å². The van der Waals surface area contributed by atoms with Crippen LogP contribution in [0.1, 0.15) is 24.6 Å². The highest BCUT2D eigenvalue weighted by Crippen LogP contribution is 2.40. The molecule has 0 spiro atoms. The Labute approximate surface area is 177 Å². The molecule has 5 nitrogen and oxygen atoms in total. The molecule has 30 heavy (non-hydrogen) atoms. The van der Waals surface area contributed by atoms with Crippen LogP contribution < -0.4 is 5.56 Å². The third-order valence-electron chi connectivity index (χ3n) is 5.83. The Morgan fingerprint density at radius 2 is 1.87 bits per heavy atom. The molecule has 1 saturated carbocycles. The Morgan fingerprint density at radius 1 is 1.07 bits per heavy atom. The van der Waals surface area contributed by atoms with Gasteiger partial charge in [0.05, 0.1) is 22.1 Å². The van der Waals surface area contributed by atoms with E-state index in [-0.39, 0.29) is 5.56 Å². The predicted molar refractivity (Wildman–Crippen MR) is 119 cm³/mol. The minimum Gasteiger partial charge on any atom is -0.456 e. The molecule has 1 fully saturated rings. The summed E-state index contributed by atoms with van der Waals surface area (Å²) in [7, 11) is 2.05. The van der Waals surface area contributed by atoms with Gasteiger partial charge in [-0.1, -0.05) is 11.6 Å². The van der Waals surface area contributed by atoms with E-state index in [1.54, 1.807) is 29.0 Å². The zero-order valence-corrected chi connectivity index (χ0v) is 17.1. The number of nitrogens with zero attached hydrogens (tertiary/aromatic N) is 3. The van der Waals surface area contributed by atoms with Crippen LogP contribution in [-0.4, -0.2) is 14.1 Å². The molecule has 0 amide bonds. The van der Waals surface area contributed by atoms with Crippen molar-refractivity contribution in [2.24, 2.45) is 7.05 Å². The number of fused-ring (bicyclic) bond motifs is 2. The van der Waals surface area contributed by atoms with Crippen LogP contribution in [0.15, 0.2) is 70.0 Å². The lowest BCUT2D eigenvalue weighted by atomic mass is 10.1. The first-order chi connectivity index (χ1) is 14.6. The summed E-state index contributed by atoms with van der Waals surface area (Å²) in [5, 5.41) is 1.21. The Balaban J connectivity index is 1.47. The van der Waals surface area contributed by atoms with Crippen molar-refractivity contribution in [2.75, 3.05) is 0 Å². The lowest BCUT2D eigenvalue weighted by Gasteiger charge is -2.06. The molecular weight excluding hydrogens is 398 g/mol. The van der Waals surface area contributed by atoms with Gasteiger partial charge >= 0.3 is 0 Å². The molecule has 1 aliphatic rings. The largest absolute Gasteiger partial charge is 0.456 e. The molecule has 0 bridgehead atoms. The summed E-state index contributed by atoms with van der Waals surface area (Å²) in [6.45, 7) is 0. The van der Waals surface area contributed by atoms with E-state index < -0.39 is 0 Å². The maximum atomic E-state index is 13.2. The molecule has 0 N–H and O–H groups in total. The zero-order chi connectivity index (χ0) is 20.4. The molecule has 0 aliphatic heterocycles. The van der Waals surface area contributed by atoms with Crippen molar-refractivity contribution in [1.82, 2.24) is 14.1 Å². The fraction of sp³-hybridized carbons (Fsp3) is 0.167. The first-order valence-corrected chi connectivity index (χ1v) is 10.3. The third kappa shape index (κ3) is 2.70. The molecule has 3 aromatic heterocycles. The van der Waals surface area contributed by atoms with Gasteiger partial charge in [-0.05, 0) is 67.4 Å². The molecule has 0 atom stereocenters. The number of aromatic nitrogens is 3. The van der Waals surface area contributed by atoms with Gasteiger partial charge in [0, 0.05) is 29.7 Å². The van der Waals surface area contributed by atoms with Gasteiger partial charge in [0.25, 0.3) is 5.56 Å². The van der Waals surface area contributed by atoms with Crippen molar-refractivity contribution in [3.05, 3.63) is 82.0 Å². The van der Waals surface area contributed by atoms with Gasteiger partial charge in [0.15, 0.2) is 0 Å². The first kappa shape index (κ1) is 17.5. The number of benzene rings is 2. The zero-order valence-electron chi connectivity index (χ0n) is 16.3. The van der Waals surface area contributed by atoms with Crippen LogP contribution >= 0.6 is 11.6 Å². The highest BCUT2D eigenvalue weighted by Gasteiger charge is 2.28. The maximum absolute atomic E-state index is 13.2. The minimum absolute atomic E-state index is 0.111. The van der Waals surface area contributed by atoms with Gasteiger partial charge in [0.2, 0.25) is 0 Å². The predicted octanol–water partition coefficient (Wildman–Crippen LogP) is 5.67. The average Bonchev–Trinajstić information content (AvgIpc) is 3.41. The lowest BCUT2D eigenvalue weighted by Crippen LogP contribution is -2.16. The smallest absolute Gasteiger partial charge is 0.266 e. The van der Waals surface area contributed by atoms with E-state index in [2.05, 4.69) is 4.57 Å². The van der Waals surface area contributed by atoms with Crippen molar-refractivity contribution in [3.63, 3.8) is 0 Å². The molecule has 0 unspecified atom stereocenters. The van der Waals surface area contributed by atoms with Crippen LogP contribution in [0.25, 0.3) is 39.0 Å². The maximum Gasteiger partial charge on any atom is 0.266 e. The second-order valence-corrected chi connectivity index (χ2v) is 8.30. The lowest BCUT2D eigenvalue weighted by molar-refractivity contribution is 0.630. The van der Waals surface area contributed by atoms with Crippen LogP contribution in [0.3, 0.4) is 0 Å². The monoisotopic (exact) mass is 415 g/mol. The number of hydrogen-bond donors (Lipinski definition) is 0. The van der Waals surface area contributed by atoms with Gasteiger partial charge in [0.1, 0.15) is 17.2 Å². The Bertz CT molecular complexity index is 1490. The van der Waals surface area contributed by atoms with Gasteiger partial charge in [-0.25, -0.2) is 4.98 Å². The SMILES string of the molecule is Cn1c(C2CC2)nc2ccc(-n3ccc4oc(-c5ccc(Cl)cc5)cc4c3=O)cc21. The Kier molecular flexibility index (Phi) is 3.71. The molecule has 148 valence electrons. The topological polar surface area (TPSA) is 53.0 Å². The second-order valence-electron chi connectivity index (χ2n) is 7.86. The van der Waals surface area contributed by atoms with Gasteiger partial charge in [-0.3, -0.25) is 9.36 Å². The van der Waals surface area contributed by atoms with E-state index in [4.69, 9.17) is 21.0 Å². The standard InChI is InChI=1S/C24H18ClN3O2/c1-27-20-12-17(8-9-19(20)26-23(27)15-2-3-15)28-11-10-21-18(24(28)29)13-22(30-21)14-4-6-16(25)7-5-14/h4-13,15H,2-3H2,1H3. The van der Waals surface area contributed by atoms with Crippen molar-refractivity contribution in [2.45, 2.75) is 18.8 Å². The molecule has 5 aromatic rings. The third-order valence-corrected chi connectivity index (χ3v) is 6.09. The molecule has 0 saturated heterocycles. The Hall–Kier alpha value is -3.31. The van der Waals surface area contributed by atoms with E-state index in [9.17, 15) is 4.79 Å². The van der Waals surface area contributed by atoms with Crippen molar-refractivity contribution in [3.8, 4) is 17.0 Å². The average molecular weight is 416 g/mol. The van der Waals surface area contributed by atoms with Crippen molar-refractivity contribution in [1.29, 1.82) is 0 Å². The number of rotatable bonds is 3. The fourth-order valence-corrected chi connectivity index (χ4v) is 4.17. The molecule has 6 rings (SSSR count). The number of pyridine rings is 1. The molecule has 6 heteroatoms. The Morgan fingerprint density at radius 3 is 2.63 bits per heavy atom. The van der Waals surface area contributed by atoms with Gasteiger partial charge in [-0.15, -0.1) is 0 Å². The van der Waals surface area contributed by atoms with Crippen LogP contribution in [0, 0.1) is 0 Å². The van der Waals surface area contributed by atoms with Crippen LogP contribution in [-0.2, 0) is 7.05 Å². The molecular formula is C24H18ClN3O2. The van der Waals surface area contributed by atoms with E-state index in [0.29, 0.717) is 27.7 Å². The molecule has 2 aromatic carbocycles. The summed E-state index contributed by atoms with van der Waals surface area (Å²) in [4.78, 5) is 18.0. The highest BCUT2D eigenvalue weighted by atomic mass is 35.5. The number of furan rings is 1. The summed E-state index contributed by atoms with van der Waals surface area (Å²) in [5.74, 6) is 2.35. The fourth-order valence-electron chi connectivity index (χ4n) is 4.05. The second kappa shape index (κ2) is 6.34. The molecule has 1 aliphatic carbocycles. The minimum atomic E-state index is -0.111. The summed E-state index contributed by atoms with van der Waals surface area (Å²) in [6.07, 6.45) is 4.17. The normalized spacial score (nSPS) is 14.1. The van der Waals surface area contributed by atoms with Crippen molar-refractivity contribution < 1.29 is 4.42 Å². The summed E-state index contributed by atoms with van der Waals surface area (Å²) in [5.41, 5.74) is 4.15. The molecule has 0 radical (unpaired) electrons. The summed E-state index contributed by atoms with van der Waals surface area (Å²) in [6, 6.07) is 17.0. The van der Waals surface area contributed by atoms with Crippen LogP contribution in [0.5, 0.6) is 0 Å². The number of halogens is 1. The van der Waals surface area contributed by atoms with E-state index in [1.165, 1.54) is 12.8 Å². The van der Waals surface area contributed by atoms with E-state index >= 15 is 0 Å². The number of hydrogen-bond acceptors (Lipinski definition) is 3. The molecule has 3 heterocycles. The van der Waals surface area contributed by atoms with Crippen LogP contribution in [0.2, 0.25) is 5.02 Å². The van der Waals surface area contributed by atoms with Crippen LogP contribution in [0.4, 0.5) is 0 Å². The van der Waals surface area contributed by atoms with Gasteiger partial charge < -0.3 is 8.98 Å².